The van der Waals surface area contributed by atoms with Gasteiger partial charge in [0.05, 0.1) is 16.9 Å². The Bertz CT molecular complexity index is 1490. The Hall–Kier alpha value is -3.89. The number of para-hydroxylation sites is 1. The van der Waals surface area contributed by atoms with Gasteiger partial charge in [-0.1, -0.05) is 24.3 Å². The van der Waals surface area contributed by atoms with Crippen molar-refractivity contribution in [3.05, 3.63) is 60.2 Å². The first-order chi connectivity index (χ1) is 21.4. The van der Waals surface area contributed by atoms with Crippen molar-refractivity contribution in [2.45, 2.75) is 37.8 Å². The van der Waals surface area contributed by atoms with E-state index in [0.717, 1.165) is 96.8 Å². The summed E-state index contributed by atoms with van der Waals surface area (Å²) in [6.07, 6.45) is 4.27. The van der Waals surface area contributed by atoms with Crippen LogP contribution in [-0.2, 0) is 11.3 Å². The third-order valence-corrected chi connectivity index (χ3v) is 10.2. The molecular weight excluding hydrogens is 552 g/mol. The lowest BCUT2D eigenvalue weighted by Gasteiger charge is -2.45. The van der Waals surface area contributed by atoms with Crippen LogP contribution in [0.3, 0.4) is 0 Å². The van der Waals surface area contributed by atoms with E-state index in [1.54, 1.807) is 12.1 Å². The number of amides is 1. The number of piperazine rings is 2. The number of aromatic nitrogens is 2. The molecule has 3 aromatic rings. The number of nitrogens with zero attached hydrogens (tertiary/aromatic N) is 7. The van der Waals surface area contributed by atoms with E-state index >= 15 is 0 Å². The highest BCUT2D eigenvalue weighted by molar-refractivity contribution is 5.79. The number of aromatic hydroxyl groups is 1. The molecule has 0 atom stereocenters. The van der Waals surface area contributed by atoms with Gasteiger partial charge in [-0.15, -0.1) is 10.2 Å². The summed E-state index contributed by atoms with van der Waals surface area (Å²) in [5, 5.41) is 18.9. The molecule has 4 heterocycles. The number of hydrogen-bond acceptors (Lipinski definition) is 9. The molecule has 1 amide bonds. The fourth-order valence-electron chi connectivity index (χ4n) is 7.35. The molecule has 7 rings (SSSR count). The molecule has 3 aliphatic heterocycles. The van der Waals surface area contributed by atoms with Gasteiger partial charge in [0, 0.05) is 69.5 Å². The van der Waals surface area contributed by atoms with Gasteiger partial charge in [-0.25, -0.2) is 0 Å². The number of nitrogens with two attached hydrogens (primary N) is 1. The standard InChI is InChI=1S/C34H44N8O2/c1-38-13-9-26(10-14-38)33(44)40-17-15-39(16-18-40)23-25-5-4-6-27(21-25)42-20-19-41(24-34(42)11-12-34)30-22-29(36-37-32(30)35)28-7-2-3-8-31(28)43/h2-8,21-22,26,43H,9-20,23-24H2,1H3,(H2,35,37). The van der Waals surface area contributed by atoms with Crippen molar-refractivity contribution in [3.8, 4) is 17.0 Å². The summed E-state index contributed by atoms with van der Waals surface area (Å²) in [6.45, 7) is 9.07. The van der Waals surface area contributed by atoms with Gasteiger partial charge >= 0.3 is 0 Å². The molecule has 1 aromatic heterocycles. The van der Waals surface area contributed by atoms with Crippen LogP contribution in [0.1, 0.15) is 31.2 Å². The van der Waals surface area contributed by atoms with Crippen LogP contribution in [0.25, 0.3) is 11.3 Å². The van der Waals surface area contributed by atoms with Crippen molar-refractivity contribution in [2.75, 3.05) is 81.5 Å². The fourth-order valence-corrected chi connectivity index (χ4v) is 7.35. The first-order valence-corrected chi connectivity index (χ1v) is 16.1. The normalized spacial score (nSPS) is 21.2. The number of benzene rings is 2. The van der Waals surface area contributed by atoms with Crippen LogP contribution in [0.15, 0.2) is 54.6 Å². The zero-order valence-electron chi connectivity index (χ0n) is 25.7. The molecule has 2 aromatic carbocycles. The van der Waals surface area contributed by atoms with E-state index in [-0.39, 0.29) is 17.2 Å². The van der Waals surface area contributed by atoms with Crippen molar-refractivity contribution in [2.24, 2.45) is 5.92 Å². The molecule has 10 heteroatoms. The maximum absolute atomic E-state index is 13.1. The minimum atomic E-state index is 0.0849. The predicted octanol–water partition coefficient (Wildman–Crippen LogP) is 3.28. The number of rotatable bonds is 6. The van der Waals surface area contributed by atoms with Gasteiger partial charge in [-0.05, 0) is 81.7 Å². The van der Waals surface area contributed by atoms with Crippen molar-refractivity contribution in [3.63, 3.8) is 0 Å². The zero-order chi connectivity index (χ0) is 30.3. The highest BCUT2D eigenvalue weighted by Crippen LogP contribution is 2.48. The number of carbonyl (C=O) groups excluding carboxylic acids is 1. The molecule has 4 fully saturated rings. The molecule has 0 unspecified atom stereocenters. The summed E-state index contributed by atoms with van der Waals surface area (Å²) in [4.78, 5) is 25.0. The van der Waals surface area contributed by atoms with Gasteiger partial charge in [0.15, 0.2) is 5.82 Å². The van der Waals surface area contributed by atoms with E-state index in [4.69, 9.17) is 5.73 Å². The van der Waals surface area contributed by atoms with Crippen LogP contribution < -0.4 is 15.5 Å². The zero-order valence-corrected chi connectivity index (χ0v) is 25.7. The Kier molecular flexibility index (Phi) is 7.80. The first kappa shape index (κ1) is 28.9. The van der Waals surface area contributed by atoms with Crippen LogP contribution in [0.5, 0.6) is 5.75 Å². The molecule has 44 heavy (non-hydrogen) atoms. The molecule has 1 spiro atoms. The van der Waals surface area contributed by atoms with E-state index in [1.165, 1.54) is 11.3 Å². The number of phenols is 1. The molecule has 0 bridgehead atoms. The molecule has 3 N–H and O–H groups in total. The highest BCUT2D eigenvalue weighted by Gasteiger charge is 2.51. The maximum Gasteiger partial charge on any atom is 0.225 e. The van der Waals surface area contributed by atoms with Gasteiger partial charge < -0.3 is 30.4 Å². The molecule has 1 aliphatic carbocycles. The smallest absolute Gasteiger partial charge is 0.225 e. The topological polar surface area (TPSA) is 105 Å². The quantitative estimate of drug-likeness (QED) is 0.444. The number of nitrogen functional groups attached to an aromatic ring is 1. The van der Waals surface area contributed by atoms with Crippen LogP contribution >= 0.6 is 0 Å². The number of hydrogen-bond donors (Lipinski definition) is 2. The molecular formula is C34H44N8O2. The number of likely N-dealkylation sites (tertiary alicyclic amines) is 1. The third kappa shape index (κ3) is 5.80. The van der Waals surface area contributed by atoms with E-state index in [0.29, 0.717) is 23.0 Å². The molecule has 0 radical (unpaired) electrons. The Morgan fingerprint density at radius 2 is 1.70 bits per heavy atom. The van der Waals surface area contributed by atoms with Crippen LogP contribution in [0, 0.1) is 5.92 Å². The van der Waals surface area contributed by atoms with Gasteiger partial charge in [-0.3, -0.25) is 9.69 Å². The summed E-state index contributed by atoms with van der Waals surface area (Å²) in [7, 11) is 2.14. The van der Waals surface area contributed by atoms with Gasteiger partial charge in [-0.2, -0.15) is 0 Å². The second-order valence-electron chi connectivity index (χ2n) is 13.2. The van der Waals surface area contributed by atoms with Crippen LogP contribution in [0.2, 0.25) is 0 Å². The summed E-state index contributed by atoms with van der Waals surface area (Å²) in [6, 6.07) is 18.2. The van der Waals surface area contributed by atoms with Gasteiger partial charge in [0.1, 0.15) is 5.75 Å². The summed E-state index contributed by atoms with van der Waals surface area (Å²) in [5.41, 5.74) is 11.2. The first-order valence-electron chi connectivity index (χ1n) is 16.1. The predicted molar refractivity (Wildman–Crippen MR) is 174 cm³/mol. The Balaban J connectivity index is 0.986. The van der Waals surface area contributed by atoms with E-state index in [2.05, 4.69) is 66.0 Å². The minimum absolute atomic E-state index is 0.0849. The summed E-state index contributed by atoms with van der Waals surface area (Å²) in [5.74, 6) is 1.18. The van der Waals surface area contributed by atoms with Crippen molar-refractivity contribution in [1.29, 1.82) is 0 Å². The fraction of sp³-hybridized carbons (Fsp3) is 0.500. The lowest BCUT2D eigenvalue weighted by Crippen LogP contribution is -2.55. The third-order valence-electron chi connectivity index (χ3n) is 10.2. The SMILES string of the molecule is CN1CCC(C(=O)N2CCN(Cc3cccc(N4CCN(c5cc(-c6ccccc6O)nnc5N)CC45CC5)c3)CC2)CC1. The lowest BCUT2D eigenvalue weighted by molar-refractivity contribution is -0.138. The molecule has 4 aliphatic rings. The molecule has 3 saturated heterocycles. The van der Waals surface area contributed by atoms with Gasteiger partial charge in [0.25, 0.3) is 0 Å². The Labute approximate surface area is 260 Å². The number of phenolic OH excluding ortho intramolecular Hbond substituents is 1. The number of anilines is 3. The minimum Gasteiger partial charge on any atom is -0.507 e. The molecule has 1 saturated carbocycles. The van der Waals surface area contributed by atoms with Crippen molar-refractivity contribution in [1.82, 2.24) is 24.9 Å². The number of carbonyl (C=O) groups is 1. The van der Waals surface area contributed by atoms with E-state index in [1.807, 2.05) is 18.2 Å². The summed E-state index contributed by atoms with van der Waals surface area (Å²) >= 11 is 0. The second kappa shape index (κ2) is 11.9. The monoisotopic (exact) mass is 596 g/mol. The Morgan fingerprint density at radius 1 is 0.932 bits per heavy atom. The van der Waals surface area contributed by atoms with Crippen LogP contribution in [0.4, 0.5) is 17.2 Å². The average Bonchev–Trinajstić information content (AvgIpc) is 3.81. The largest absolute Gasteiger partial charge is 0.507 e. The molecule has 232 valence electrons. The van der Waals surface area contributed by atoms with Crippen molar-refractivity contribution < 1.29 is 9.90 Å². The van der Waals surface area contributed by atoms with Crippen LogP contribution in [-0.4, -0.2) is 107 Å². The second-order valence-corrected chi connectivity index (χ2v) is 13.2. The van der Waals surface area contributed by atoms with Gasteiger partial charge in [0.2, 0.25) is 5.91 Å². The summed E-state index contributed by atoms with van der Waals surface area (Å²) < 4.78 is 0. The highest BCUT2D eigenvalue weighted by atomic mass is 16.3. The van der Waals surface area contributed by atoms with Crippen molar-refractivity contribution >= 4 is 23.1 Å². The maximum atomic E-state index is 13.1. The number of piperidine rings is 1. The molecule has 10 nitrogen and oxygen atoms in total. The lowest BCUT2D eigenvalue weighted by atomic mass is 9.95. The van der Waals surface area contributed by atoms with E-state index in [9.17, 15) is 9.90 Å². The Morgan fingerprint density at radius 3 is 2.45 bits per heavy atom. The average molecular weight is 597 g/mol. The van der Waals surface area contributed by atoms with E-state index < -0.39 is 0 Å².